The van der Waals surface area contributed by atoms with E-state index in [1.165, 1.54) is 0 Å². The van der Waals surface area contributed by atoms with E-state index in [2.05, 4.69) is 5.32 Å². The number of primary amides is 3. The van der Waals surface area contributed by atoms with Gasteiger partial charge in [0, 0.05) is 26.2 Å². The Labute approximate surface area is 153 Å². The van der Waals surface area contributed by atoms with Gasteiger partial charge in [0.15, 0.2) is 0 Å². The Morgan fingerprint density at radius 2 is 1.31 bits per heavy atom. The highest BCUT2D eigenvalue weighted by Crippen LogP contribution is 2.34. The van der Waals surface area contributed by atoms with E-state index in [4.69, 9.17) is 17.2 Å². The molecule has 3 rings (SSSR count). The smallest absolute Gasteiger partial charge is 0.315 e. The maximum atomic E-state index is 12.4. The Balaban J connectivity index is 1.87. The Hall–Kier alpha value is -2.23. The second-order valence-corrected chi connectivity index (χ2v) is 7.36. The molecule has 3 fully saturated rings. The van der Waals surface area contributed by atoms with Gasteiger partial charge in [-0.25, -0.2) is 14.4 Å². The third-order valence-electron chi connectivity index (χ3n) is 6.01. The number of piperazine rings is 1. The highest BCUT2D eigenvalue weighted by atomic mass is 16.2. The first-order chi connectivity index (χ1) is 12.4. The van der Waals surface area contributed by atoms with Crippen molar-refractivity contribution in [1.82, 2.24) is 20.0 Å². The highest BCUT2D eigenvalue weighted by Gasteiger charge is 2.46. The van der Waals surface area contributed by atoms with Crippen molar-refractivity contribution in [1.29, 1.82) is 0 Å². The molecule has 0 bridgehead atoms. The predicted octanol–water partition coefficient (Wildman–Crippen LogP) is -0.816. The molecular formula is C16H29N7O3. The van der Waals surface area contributed by atoms with Gasteiger partial charge in [-0.2, -0.15) is 0 Å². The van der Waals surface area contributed by atoms with Crippen LogP contribution in [0.1, 0.15) is 32.1 Å². The summed E-state index contributed by atoms with van der Waals surface area (Å²) in [4.78, 5) is 41.0. The van der Waals surface area contributed by atoms with Crippen molar-refractivity contribution in [2.45, 2.75) is 56.3 Å². The molecule has 0 aliphatic carbocycles. The van der Waals surface area contributed by atoms with Gasteiger partial charge in [-0.05, 0) is 32.1 Å². The van der Waals surface area contributed by atoms with E-state index < -0.39 is 18.1 Å². The summed E-state index contributed by atoms with van der Waals surface area (Å²) in [6.45, 7) is 2.34. The molecule has 4 atom stereocenters. The predicted molar refractivity (Wildman–Crippen MR) is 95.1 cm³/mol. The average molecular weight is 367 g/mol. The zero-order chi connectivity index (χ0) is 18.8. The lowest BCUT2D eigenvalue weighted by Gasteiger charge is -2.50. The second kappa shape index (κ2) is 7.56. The molecule has 26 heavy (non-hydrogen) atoms. The highest BCUT2D eigenvalue weighted by molar-refractivity contribution is 5.75. The molecular weight excluding hydrogens is 338 g/mol. The van der Waals surface area contributed by atoms with Gasteiger partial charge in [0.2, 0.25) is 0 Å². The van der Waals surface area contributed by atoms with Crippen LogP contribution in [-0.2, 0) is 0 Å². The van der Waals surface area contributed by atoms with Gasteiger partial charge < -0.3 is 37.2 Å². The van der Waals surface area contributed by atoms with E-state index >= 15 is 0 Å². The molecule has 0 spiro atoms. The van der Waals surface area contributed by atoms with Gasteiger partial charge in [-0.3, -0.25) is 0 Å². The van der Waals surface area contributed by atoms with E-state index in [0.29, 0.717) is 26.2 Å². The maximum Gasteiger partial charge on any atom is 0.315 e. The van der Waals surface area contributed by atoms with Crippen LogP contribution in [0.3, 0.4) is 0 Å². The van der Waals surface area contributed by atoms with E-state index in [1.807, 2.05) is 0 Å². The Morgan fingerprint density at radius 1 is 0.731 bits per heavy atom. The van der Waals surface area contributed by atoms with Crippen LogP contribution in [0.2, 0.25) is 0 Å². The van der Waals surface area contributed by atoms with Gasteiger partial charge in [-0.15, -0.1) is 0 Å². The quantitative estimate of drug-likeness (QED) is 0.504. The number of rotatable bonds is 2. The molecule has 7 N–H and O–H groups in total. The summed E-state index contributed by atoms with van der Waals surface area (Å²) >= 11 is 0. The fourth-order valence-corrected chi connectivity index (χ4v) is 4.95. The largest absolute Gasteiger partial charge is 0.351 e. The standard InChI is InChI=1S/C16H29N7O3/c17-14(24)21-7-2-5-10(21)11-3-1-4-12(23(11)16(19)26)13-9-20-6-8-22(13)15(18)25/h10-13,20H,1-9H2,(H2,17,24)(H2,18,25)(H2,19,26). The van der Waals surface area contributed by atoms with Gasteiger partial charge >= 0.3 is 18.1 Å². The number of nitrogens with one attached hydrogen (secondary N) is 1. The summed E-state index contributed by atoms with van der Waals surface area (Å²) in [6, 6.07) is -2.22. The van der Waals surface area contributed by atoms with Crippen molar-refractivity contribution >= 4 is 18.1 Å². The summed E-state index contributed by atoms with van der Waals surface area (Å²) in [7, 11) is 0. The molecule has 3 heterocycles. The van der Waals surface area contributed by atoms with E-state index in [9.17, 15) is 14.4 Å². The summed E-state index contributed by atoms with van der Waals surface area (Å²) in [6.07, 6.45) is 4.07. The van der Waals surface area contributed by atoms with Crippen LogP contribution in [0.15, 0.2) is 0 Å². The zero-order valence-corrected chi connectivity index (χ0v) is 15.0. The minimum absolute atomic E-state index is 0.124. The number of amides is 6. The molecule has 10 heteroatoms. The van der Waals surface area contributed by atoms with Crippen molar-refractivity contribution in [2.24, 2.45) is 17.2 Å². The summed E-state index contributed by atoms with van der Waals surface area (Å²) < 4.78 is 0. The van der Waals surface area contributed by atoms with Crippen molar-refractivity contribution in [3.05, 3.63) is 0 Å². The number of likely N-dealkylation sites (tertiary alicyclic amines) is 2. The first kappa shape index (κ1) is 18.6. The molecule has 0 saturated carbocycles. The van der Waals surface area contributed by atoms with E-state index in [-0.39, 0.29) is 24.2 Å². The molecule has 10 nitrogen and oxygen atoms in total. The first-order valence-electron chi connectivity index (χ1n) is 9.32. The molecule has 0 aromatic rings. The van der Waals surface area contributed by atoms with Crippen LogP contribution in [0, 0.1) is 0 Å². The lowest BCUT2D eigenvalue weighted by atomic mass is 9.86. The molecule has 3 saturated heterocycles. The molecule has 4 unspecified atom stereocenters. The average Bonchev–Trinajstić information content (AvgIpc) is 3.10. The maximum absolute atomic E-state index is 12.4. The number of piperidine rings is 1. The van der Waals surface area contributed by atoms with Crippen LogP contribution in [0.4, 0.5) is 14.4 Å². The SMILES string of the molecule is NC(=O)N1CCCC1C1CCCC(C2CNCCN2C(N)=O)N1C(N)=O. The van der Waals surface area contributed by atoms with Crippen LogP contribution in [0.25, 0.3) is 0 Å². The molecule has 146 valence electrons. The van der Waals surface area contributed by atoms with Crippen LogP contribution in [0.5, 0.6) is 0 Å². The Bertz CT molecular complexity index is 572. The third kappa shape index (κ3) is 3.37. The number of carbonyl (C=O) groups excluding carboxylic acids is 3. The van der Waals surface area contributed by atoms with Crippen LogP contribution >= 0.6 is 0 Å². The molecule has 6 amide bonds. The van der Waals surface area contributed by atoms with Crippen molar-refractivity contribution in [3.63, 3.8) is 0 Å². The Morgan fingerprint density at radius 3 is 1.92 bits per heavy atom. The summed E-state index contributed by atoms with van der Waals surface area (Å²) in [5, 5.41) is 3.28. The van der Waals surface area contributed by atoms with E-state index in [1.54, 1.807) is 14.7 Å². The third-order valence-corrected chi connectivity index (χ3v) is 6.01. The Kier molecular flexibility index (Phi) is 5.40. The number of hydrogen-bond acceptors (Lipinski definition) is 4. The van der Waals surface area contributed by atoms with Gasteiger partial charge in [0.25, 0.3) is 0 Å². The lowest BCUT2D eigenvalue weighted by molar-refractivity contribution is 0.0271. The number of urea groups is 3. The number of carbonyl (C=O) groups is 3. The fraction of sp³-hybridized carbons (Fsp3) is 0.812. The zero-order valence-electron chi connectivity index (χ0n) is 15.0. The molecule has 0 radical (unpaired) electrons. The molecule has 3 aliphatic rings. The van der Waals surface area contributed by atoms with Gasteiger partial charge in [0.1, 0.15) is 0 Å². The summed E-state index contributed by atoms with van der Waals surface area (Å²) in [5.41, 5.74) is 16.9. The van der Waals surface area contributed by atoms with Gasteiger partial charge in [-0.1, -0.05) is 0 Å². The van der Waals surface area contributed by atoms with Crippen molar-refractivity contribution < 1.29 is 14.4 Å². The van der Waals surface area contributed by atoms with Crippen molar-refractivity contribution in [3.8, 4) is 0 Å². The number of hydrogen-bond donors (Lipinski definition) is 4. The summed E-state index contributed by atoms with van der Waals surface area (Å²) in [5.74, 6) is 0. The fourth-order valence-electron chi connectivity index (χ4n) is 4.95. The van der Waals surface area contributed by atoms with Crippen LogP contribution < -0.4 is 22.5 Å². The molecule has 0 aromatic heterocycles. The minimum atomic E-state index is -0.522. The number of nitrogens with two attached hydrogens (primary N) is 3. The number of nitrogens with zero attached hydrogens (tertiary/aromatic N) is 3. The minimum Gasteiger partial charge on any atom is -0.351 e. The van der Waals surface area contributed by atoms with Crippen LogP contribution in [-0.4, -0.2) is 83.1 Å². The normalized spacial score (nSPS) is 32.5. The lowest BCUT2D eigenvalue weighted by Crippen LogP contribution is -2.68. The van der Waals surface area contributed by atoms with E-state index in [0.717, 1.165) is 32.1 Å². The van der Waals surface area contributed by atoms with Crippen molar-refractivity contribution in [2.75, 3.05) is 26.2 Å². The second-order valence-electron chi connectivity index (χ2n) is 7.36. The first-order valence-corrected chi connectivity index (χ1v) is 9.32. The molecule has 3 aliphatic heterocycles. The topological polar surface area (TPSA) is 151 Å². The molecule has 0 aromatic carbocycles. The monoisotopic (exact) mass is 367 g/mol. The van der Waals surface area contributed by atoms with Gasteiger partial charge in [0.05, 0.1) is 24.2 Å².